The van der Waals surface area contributed by atoms with E-state index in [9.17, 15) is 10.1 Å². The first kappa shape index (κ1) is 18.9. The molecule has 2 heterocycles. The van der Waals surface area contributed by atoms with Crippen LogP contribution in [0.1, 0.15) is 59.4 Å². The summed E-state index contributed by atoms with van der Waals surface area (Å²) in [5, 5.41) is 10.1. The lowest BCUT2D eigenvalue weighted by atomic mass is 9.71. The molecule has 5 nitrogen and oxygen atoms in total. The minimum atomic E-state index is -0.386. The molecular formula is C25H24N2O3. The molecule has 2 aromatic carbocycles. The molecule has 5 rings (SSSR count). The van der Waals surface area contributed by atoms with Crippen LogP contribution >= 0.6 is 0 Å². The van der Waals surface area contributed by atoms with Crippen molar-refractivity contribution in [2.45, 2.75) is 32.1 Å². The van der Waals surface area contributed by atoms with E-state index in [4.69, 9.17) is 9.47 Å². The predicted molar refractivity (Wildman–Crippen MR) is 114 cm³/mol. The molecule has 2 aliphatic rings. The molecule has 1 fully saturated rings. The monoisotopic (exact) mass is 400 g/mol. The quantitative estimate of drug-likeness (QED) is 0.688. The Hall–Kier alpha value is -3.10. The number of carbonyl (C=O) groups is 1. The molecule has 30 heavy (non-hydrogen) atoms. The summed E-state index contributed by atoms with van der Waals surface area (Å²) in [6, 6.07) is 13.4. The number of H-pyrrole nitrogens is 1. The number of nitrogens with one attached hydrogen (secondary N) is 1. The van der Waals surface area contributed by atoms with Crippen molar-refractivity contribution in [1.82, 2.24) is 4.98 Å². The lowest BCUT2D eigenvalue weighted by Crippen LogP contribution is -2.30. The molecule has 0 radical (unpaired) electrons. The highest BCUT2D eigenvalue weighted by molar-refractivity contribution is 6.20. The number of fused-ring (bicyclic) bond motifs is 4. The molecule has 0 bridgehead atoms. The highest BCUT2D eigenvalue weighted by Crippen LogP contribution is 2.44. The third-order valence-corrected chi connectivity index (χ3v) is 6.51. The number of hydrogen-bond donors (Lipinski definition) is 1. The summed E-state index contributed by atoms with van der Waals surface area (Å²) in [7, 11) is 0. The number of carbonyl (C=O) groups excluding carboxylic acids is 1. The molecule has 1 N–H and O–H groups in total. The maximum Gasteiger partial charge on any atom is 0.195 e. The maximum atomic E-state index is 13.4. The molecule has 1 aliphatic carbocycles. The number of ether oxygens (including phenoxy) is 2. The smallest absolute Gasteiger partial charge is 0.195 e. The van der Waals surface area contributed by atoms with E-state index in [1.807, 2.05) is 30.3 Å². The number of rotatable bonds is 4. The summed E-state index contributed by atoms with van der Waals surface area (Å²) in [6.45, 7) is 6.57. The van der Waals surface area contributed by atoms with Gasteiger partial charge in [-0.3, -0.25) is 4.79 Å². The highest BCUT2D eigenvalue weighted by Gasteiger charge is 2.39. The zero-order chi connectivity index (χ0) is 20.9. The standard InChI is InChI=1S/C25H24N2O3/c1-25(2)20-12-17(30-10-8-15-7-9-29-14-15)4-6-18(20)23(28)22-19-5-3-16(13-26)11-21(19)27-24(22)25/h3-6,11-12,15,27H,7-10,14H2,1-2H3/t15-/m0/s1. The van der Waals surface area contributed by atoms with E-state index in [2.05, 4.69) is 24.9 Å². The topological polar surface area (TPSA) is 75.1 Å². The van der Waals surface area contributed by atoms with Crippen LogP contribution in [0.15, 0.2) is 36.4 Å². The van der Waals surface area contributed by atoms with Crippen molar-refractivity contribution >= 4 is 16.7 Å². The minimum Gasteiger partial charge on any atom is -0.494 e. The molecule has 1 aliphatic heterocycles. The molecule has 1 aromatic heterocycles. The van der Waals surface area contributed by atoms with Crippen molar-refractivity contribution in [3.8, 4) is 11.8 Å². The van der Waals surface area contributed by atoms with E-state index >= 15 is 0 Å². The van der Waals surface area contributed by atoms with Crippen molar-refractivity contribution in [2.75, 3.05) is 19.8 Å². The van der Waals surface area contributed by atoms with Crippen LogP contribution in [0.5, 0.6) is 5.75 Å². The van der Waals surface area contributed by atoms with Crippen LogP contribution in [0, 0.1) is 17.2 Å². The first-order valence-corrected chi connectivity index (χ1v) is 10.4. The van der Waals surface area contributed by atoms with Gasteiger partial charge in [-0.15, -0.1) is 0 Å². The number of aromatic nitrogens is 1. The van der Waals surface area contributed by atoms with Gasteiger partial charge in [-0.05, 0) is 54.7 Å². The van der Waals surface area contributed by atoms with Gasteiger partial charge in [0.1, 0.15) is 5.75 Å². The lowest BCUT2D eigenvalue weighted by Gasteiger charge is -2.32. The Morgan fingerprint density at radius 2 is 2.13 bits per heavy atom. The van der Waals surface area contributed by atoms with Gasteiger partial charge in [-0.1, -0.05) is 19.9 Å². The van der Waals surface area contributed by atoms with Crippen molar-refractivity contribution in [3.63, 3.8) is 0 Å². The van der Waals surface area contributed by atoms with Gasteiger partial charge in [0, 0.05) is 40.8 Å². The molecule has 3 aromatic rings. The number of ketones is 1. The lowest BCUT2D eigenvalue weighted by molar-refractivity contribution is 0.103. The van der Waals surface area contributed by atoms with Crippen molar-refractivity contribution in [2.24, 2.45) is 5.92 Å². The van der Waals surface area contributed by atoms with Crippen LogP contribution < -0.4 is 4.74 Å². The Balaban J connectivity index is 1.50. The average Bonchev–Trinajstić information content (AvgIpc) is 3.40. The zero-order valence-electron chi connectivity index (χ0n) is 17.2. The highest BCUT2D eigenvalue weighted by atomic mass is 16.5. The summed E-state index contributed by atoms with van der Waals surface area (Å²) >= 11 is 0. The molecule has 0 spiro atoms. The van der Waals surface area contributed by atoms with E-state index in [1.54, 1.807) is 6.07 Å². The first-order chi connectivity index (χ1) is 14.5. The van der Waals surface area contributed by atoms with Gasteiger partial charge < -0.3 is 14.5 Å². The first-order valence-electron chi connectivity index (χ1n) is 10.4. The van der Waals surface area contributed by atoms with Crippen LogP contribution in [0.4, 0.5) is 0 Å². The van der Waals surface area contributed by atoms with Crippen molar-refractivity contribution in [1.29, 1.82) is 5.26 Å². The normalized spacial score (nSPS) is 19.4. The van der Waals surface area contributed by atoms with Crippen LogP contribution in [0.2, 0.25) is 0 Å². The van der Waals surface area contributed by atoms with Gasteiger partial charge in [0.25, 0.3) is 0 Å². The third-order valence-electron chi connectivity index (χ3n) is 6.51. The summed E-state index contributed by atoms with van der Waals surface area (Å²) in [5.74, 6) is 1.39. The van der Waals surface area contributed by atoms with Gasteiger partial charge in [-0.2, -0.15) is 5.26 Å². The summed E-state index contributed by atoms with van der Waals surface area (Å²) in [5.41, 5.74) is 4.30. The van der Waals surface area contributed by atoms with Crippen molar-refractivity contribution in [3.05, 3.63) is 64.3 Å². The third kappa shape index (κ3) is 2.91. The SMILES string of the molecule is CC1(C)c2cc(OCC[C@@H]3CCOC3)ccc2C(=O)c2c1[nH]c1cc(C#N)ccc21. The second-order valence-corrected chi connectivity index (χ2v) is 8.78. The minimum absolute atomic E-state index is 0.0185. The van der Waals surface area contributed by atoms with Crippen LogP contribution in [-0.2, 0) is 10.2 Å². The maximum absolute atomic E-state index is 13.4. The molecular weight excluding hydrogens is 376 g/mol. The Morgan fingerprint density at radius 1 is 1.27 bits per heavy atom. The molecule has 5 heteroatoms. The number of nitriles is 1. The molecule has 152 valence electrons. The van der Waals surface area contributed by atoms with Crippen LogP contribution in [0.25, 0.3) is 10.9 Å². The number of hydrogen-bond acceptors (Lipinski definition) is 4. The number of aromatic amines is 1. The molecule has 1 saturated heterocycles. The van der Waals surface area contributed by atoms with Gasteiger partial charge in [0.15, 0.2) is 5.78 Å². The van der Waals surface area contributed by atoms with Gasteiger partial charge >= 0.3 is 0 Å². The summed E-state index contributed by atoms with van der Waals surface area (Å²) < 4.78 is 11.5. The average molecular weight is 400 g/mol. The van der Waals surface area contributed by atoms with Crippen LogP contribution in [-0.4, -0.2) is 30.6 Å². The summed E-state index contributed by atoms with van der Waals surface area (Å²) in [4.78, 5) is 16.8. The van der Waals surface area contributed by atoms with E-state index in [0.717, 1.165) is 54.0 Å². The van der Waals surface area contributed by atoms with Gasteiger partial charge in [0.2, 0.25) is 0 Å². The Kier molecular flexibility index (Phi) is 4.41. The Morgan fingerprint density at radius 3 is 2.90 bits per heavy atom. The predicted octanol–water partition coefficient (Wildman–Crippen LogP) is 4.72. The largest absolute Gasteiger partial charge is 0.494 e. The molecule has 1 atom stereocenters. The fraction of sp³-hybridized carbons (Fsp3) is 0.360. The zero-order valence-corrected chi connectivity index (χ0v) is 17.2. The Bertz CT molecular complexity index is 1190. The second kappa shape index (κ2) is 7.00. The summed E-state index contributed by atoms with van der Waals surface area (Å²) in [6.07, 6.45) is 2.08. The molecule has 0 amide bonds. The van der Waals surface area contributed by atoms with E-state index in [1.165, 1.54) is 0 Å². The van der Waals surface area contributed by atoms with E-state index in [-0.39, 0.29) is 11.2 Å². The van der Waals surface area contributed by atoms with Gasteiger partial charge in [-0.25, -0.2) is 0 Å². The molecule has 0 saturated carbocycles. The van der Waals surface area contributed by atoms with Gasteiger partial charge in [0.05, 0.1) is 23.8 Å². The van der Waals surface area contributed by atoms with E-state index < -0.39 is 0 Å². The van der Waals surface area contributed by atoms with E-state index in [0.29, 0.717) is 29.2 Å². The molecule has 0 unspecified atom stereocenters. The number of benzene rings is 2. The fourth-order valence-electron chi connectivity index (χ4n) is 4.72. The van der Waals surface area contributed by atoms with Crippen molar-refractivity contribution < 1.29 is 14.3 Å². The van der Waals surface area contributed by atoms with Crippen LogP contribution in [0.3, 0.4) is 0 Å². The fourth-order valence-corrected chi connectivity index (χ4v) is 4.72. The Labute approximate surface area is 175 Å². The number of nitrogens with zero attached hydrogens (tertiary/aromatic N) is 1. The second-order valence-electron chi connectivity index (χ2n) is 8.78.